The number of anilines is 1. The minimum atomic E-state index is -0.320. The topological polar surface area (TPSA) is 67.0 Å². The summed E-state index contributed by atoms with van der Waals surface area (Å²) < 4.78 is 4.63. The predicted octanol–water partition coefficient (Wildman–Crippen LogP) is 1.81. The number of methoxy groups -OCH3 is 1. The smallest absolute Gasteiger partial charge is 0.337 e. The Kier molecular flexibility index (Phi) is 3.40. The summed E-state index contributed by atoms with van der Waals surface area (Å²) in [5.74, 6) is -0.320. The molecular formula is C12H13N3O2. The molecule has 1 aromatic carbocycles. The lowest BCUT2D eigenvalue weighted by molar-refractivity contribution is 0.0600. The highest BCUT2D eigenvalue weighted by Gasteiger charge is 2.04. The van der Waals surface area contributed by atoms with Crippen LogP contribution in [-0.2, 0) is 11.3 Å². The Balaban J connectivity index is 1.96. The lowest BCUT2D eigenvalue weighted by Crippen LogP contribution is -2.02. The Labute approximate surface area is 98.8 Å². The van der Waals surface area contributed by atoms with E-state index >= 15 is 0 Å². The monoisotopic (exact) mass is 231 g/mol. The zero-order valence-electron chi connectivity index (χ0n) is 9.43. The molecule has 0 aliphatic carbocycles. The van der Waals surface area contributed by atoms with E-state index in [9.17, 15) is 4.79 Å². The molecule has 1 aromatic heterocycles. The summed E-state index contributed by atoms with van der Waals surface area (Å²) in [7, 11) is 1.37. The van der Waals surface area contributed by atoms with Crippen LogP contribution in [0.15, 0.2) is 36.7 Å². The zero-order valence-corrected chi connectivity index (χ0v) is 9.43. The van der Waals surface area contributed by atoms with E-state index in [1.165, 1.54) is 7.11 Å². The van der Waals surface area contributed by atoms with Crippen LogP contribution in [-0.4, -0.2) is 23.3 Å². The van der Waals surface area contributed by atoms with E-state index in [2.05, 4.69) is 20.3 Å². The maximum atomic E-state index is 11.2. The first-order valence-corrected chi connectivity index (χ1v) is 5.19. The van der Waals surface area contributed by atoms with E-state index in [0.717, 1.165) is 11.3 Å². The van der Waals surface area contributed by atoms with Crippen LogP contribution < -0.4 is 5.32 Å². The van der Waals surface area contributed by atoms with E-state index in [-0.39, 0.29) is 5.97 Å². The Hall–Kier alpha value is -2.30. The maximum absolute atomic E-state index is 11.2. The third-order valence-electron chi connectivity index (χ3n) is 2.37. The van der Waals surface area contributed by atoms with Gasteiger partial charge in [-0.2, -0.15) is 5.10 Å². The van der Waals surface area contributed by atoms with Crippen LogP contribution in [0.2, 0.25) is 0 Å². The summed E-state index contributed by atoms with van der Waals surface area (Å²) in [5, 5.41) is 9.75. The first-order valence-electron chi connectivity index (χ1n) is 5.19. The molecule has 0 fully saturated rings. The summed E-state index contributed by atoms with van der Waals surface area (Å²) in [5.41, 5.74) is 2.57. The van der Waals surface area contributed by atoms with E-state index in [0.29, 0.717) is 12.1 Å². The van der Waals surface area contributed by atoms with Gasteiger partial charge in [-0.3, -0.25) is 5.10 Å². The van der Waals surface area contributed by atoms with E-state index in [1.807, 2.05) is 12.1 Å². The van der Waals surface area contributed by atoms with Crippen molar-refractivity contribution in [3.63, 3.8) is 0 Å². The summed E-state index contributed by atoms with van der Waals surface area (Å²) in [6.07, 6.45) is 3.49. The van der Waals surface area contributed by atoms with Gasteiger partial charge < -0.3 is 10.1 Å². The van der Waals surface area contributed by atoms with Crippen molar-refractivity contribution in [2.24, 2.45) is 0 Å². The molecule has 88 valence electrons. The first-order chi connectivity index (χ1) is 8.29. The lowest BCUT2D eigenvalue weighted by atomic mass is 10.1. The molecule has 0 aliphatic rings. The molecule has 5 heteroatoms. The van der Waals surface area contributed by atoms with Crippen molar-refractivity contribution in [3.05, 3.63) is 47.8 Å². The number of benzene rings is 1. The normalized spacial score (nSPS) is 9.94. The molecule has 2 rings (SSSR count). The molecule has 2 aromatic rings. The first kappa shape index (κ1) is 11.2. The van der Waals surface area contributed by atoms with Crippen LogP contribution in [0.25, 0.3) is 0 Å². The highest BCUT2D eigenvalue weighted by Crippen LogP contribution is 2.08. The van der Waals surface area contributed by atoms with Crippen LogP contribution in [0.5, 0.6) is 0 Å². The molecule has 0 saturated carbocycles. The molecule has 0 spiro atoms. The Morgan fingerprint density at radius 1 is 1.41 bits per heavy atom. The van der Waals surface area contributed by atoms with Crippen molar-refractivity contribution < 1.29 is 9.53 Å². The maximum Gasteiger partial charge on any atom is 0.337 e. The third kappa shape index (κ3) is 2.84. The van der Waals surface area contributed by atoms with Gasteiger partial charge in [-0.1, -0.05) is 12.1 Å². The second-order valence-corrected chi connectivity index (χ2v) is 3.53. The molecule has 0 radical (unpaired) electrons. The molecule has 1 heterocycles. The number of nitrogens with one attached hydrogen (secondary N) is 2. The Morgan fingerprint density at radius 2 is 2.18 bits per heavy atom. The number of aromatic nitrogens is 2. The summed E-state index contributed by atoms with van der Waals surface area (Å²) >= 11 is 0. The minimum Gasteiger partial charge on any atom is -0.465 e. The Morgan fingerprint density at radius 3 is 2.76 bits per heavy atom. The molecule has 0 bridgehead atoms. The van der Waals surface area contributed by atoms with Crippen LogP contribution in [0.3, 0.4) is 0 Å². The number of H-pyrrole nitrogens is 1. The fourth-order valence-corrected chi connectivity index (χ4v) is 1.43. The number of carbonyl (C=O) groups excluding carboxylic acids is 1. The number of aromatic amines is 1. The second-order valence-electron chi connectivity index (χ2n) is 3.53. The van der Waals surface area contributed by atoms with Crippen molar-refractivity contribution in [2.75, 3.05) is 12.4 Å². The summed E-state index contributed by atoms with van der Waals surface area (Å²) in [4.78, 5) is 11.2. The summed E-state index contributed by atoms with van der Waals surface area (Å²) in [6.45, 7) is 0.682. The van der Waals surface area contributed by atoms with Crippen molar-refractivity contribution in [2.45, 2.75) is 6.54 Å². The molecule has 5 nitrogen and oxygen atoms in total. The standard InChI is InChI=1S/C12H13N3O2/c1-17-12(16)10-4-2-9(3-5-10)6-13-11-7-14-15-8-11/h2-5,7-8,13H,6H2,1H3,(H,14,15). The average Bonchev–Trinajstić information content (AvgIpc) is 2.89. The number of nitrogens with zero attached hydrogens (tertiary/aromatic N) is 1. The molecule has 0 aliphatic heterocycles. The van der Waals surface area contributed by atoms with Gasteiger partial charge in [0.2, 0.25) is 0 Å². The van der Waals surface area contributed by atoms with Gasteiger partial charge in [0, 0.05) is 12.7 Å². The molecule has 0 unspecified atom stereocenters. The SMILES string of the molecule is COC(=O)c1ccc(CNc2cn[nH]c2)cc1. The second kappa shape index (κ2) is 5.16. The zero-order chi connectivity index (χ0) is 12.1. The lowest BCUT2D eigenvalue weighted by Gasteiger charge is -2.04. The minimum absolute atomic E-state index is 0.320. The molecule has 17 heavy (non-hydrogen) atoms. The largest absolute Gasteiger partial charge is 0.465 e. The fraction of sp³-hybridized carbons (Fsp3) is 0.167. The molecule has 0 amide bonds. The van der Waals surface area contributed by atoms with Crippen molar-refractivity contribution in [3.8, 4) is 0 Å². The average molecular weight is 231 g/mol. The van der Waals surface area contributed by atoms with Gasteiger partial charge in [-0.15, -0.1) is 0 Å². The highest BCUT2D eigenvalue weighted by molar-refractivity contribution is 5.89. The van der Waals surface area contributed by atoms with Gasteiger partial charge >= 0.3 is 5.97 Å². The van der Waals surface area contributed by atoms with Crippen LogP contribution in [0.4, 0.5) is 5.69 Å². The van der Waals surface area contributed by atoms with Crippen molar-refractivity contribution in [1.29, 1.82) is 0 Å². The fourth-order valence-electron chi connectivity index (χ4n) is 1.43. The molecule has 2 N–H and O–H groups in total. The van der Waals surface area contributed by atoms with Crippen molar-refractivity contribution in [1.82, 2.24) is 10.2 Å². The number of esters is 1. The van der Waals surface area contributed by atoms with Crippen LogP contribution in [0.1, 0.15) is 15.9 Å². The van der Waals surface area contributed by atoms with E-state index < -0.39 is 0 Å². The van der Waals surface area contributed by atoms with Gasteiger partial charge in [0.15, 0.2) is 0 Å². The van der Waals surface area contributed by atoms with Gasteiger partial charge in [0.25, 0.3) is 0 Å². The van der Waals surface area contributed by atoms with Crippen molar-refractivity contribution >= 4 is 11.7 Å². The number of hydrogen-bond donors (Lipinski definition) is 2. The van der Waals surface area contributed by atoms with Crippen LogP contribution in [0, 0.1) is 0 Å². The van der Waals surface area contributed by atoms with E-state index in [4.69, 9.17) is 0 Å². The summed E-state index contributed by atoms with van der Waals surface area (Å²) in [6, 6.07) is 7.27. The Bertz CT molecular complexity index is 477. The van der Waals surface area contributed by atoms with Gasteiger partial charge in [-0.05, 0) is 17.7 Å². The number of ether oxygens (including phenoxy) is 1. The number of rotatable bonds is 4. The van der Waals surface area contributed by atoms with Gasteiger partial charge in [0.05, 0.1) is 24.6 Å². The van der Waals surface area contributed by atoms with Gasteiger partial charge in [0.1, 0.15) is 0 Å². The highest BCUT2D eigenvalue weighted by atomic mass is 16.5. The third-order valence-corrected chi connectivity index (χ3v) is 2.37. The van der Waals surface area contributed by atoms with Gasteiger partial charge in [-0.25, -0.2) is 4.79 Å². The van der Waals surface area contributed by atoms with Crippen LogP contribution >= 0.6 is 0 Å². The predicted molar refractivity (Wildman–Crippen MR) is 63.7 cm³/mol. The number of carbonyl (C=O) groups is 1. The molecule has 0 atom stereocenters. The quantitative estimate of drug-likeness (QED) is 0.787. The number of hydrogen-bond acceptors (Lipinski definition) is 4. The molecular weight excluding hydrogens is 218 g/mol. The molecule has 0 saturated heterocycles. The van der Waals surface area contributed by atoms with E-state index in [1.54, 1.807) is 24.5 Å².